The number of carbonyl (C=O) groups excluding carboxylic acids is 1. The number of carbonyl (C=O) groups is 1. The predicted octanol–water partition coefficient (Wildman–Crippen LogP) is 3.90. The second-order valence-corrected chi connectivity index (χ2v) is 12.0. The van der Waals surface area contributed by atoms with E-state index in [0.717, 1.165) is 0 Å². The minimum absolute atomic E-state index is 0.0610. The number of esters is 1. The van der Waals surface area contributed by atoms with Crippen LogP contribution in [-0.2, 0) is 23.4 Å². The minimum Gasteiger partial charge on any atom is -0.462 e. The maximum Gasteiger partial charge on any atom is 0.459 e. The summed E-state index contributed by atoms with van der Waals surface area (Å²) in [6.07, 6.45) is 0.984. The molecule has 1 aliphatic heterocycles. The maximum absolute atomic E-state index is 13.8. The highest BCUT2D eigenvalue weighted by Crippen LogP contribution is 2.49. The summed E-state index contributed by atoms with van der Waals surface area (Å²) >= 11 is 0. The van der Waals surface area contributed by atoms with E-state index in [1.165, 1.54) is 6.92 Å². The van der Waals surface area contributed by atoms with E-state index in [9.17, 15) is 9.36 Å². The van der Waals surface area contributed by atoms with Crippen molar-refractivity contribution >= 4 is 36.6 Å². The second-order valence-electron chi connectivity index (χ2n) is 10.3. The van der Waals surface area contributed by atoms with Gasteiger partial charge in [-0.3, -0.25) is 13.9 Å². The molecule has 0 bridgehead atoms. The highest BCUT2D eigenvalue weighted by molar-refractivity contribution is 7.52. The molecule has 4 atom stereocenters. The van der Waals surface area contributed by atoms with Crippen LogP contribution in [0.1, 0.15) is 47.3 Å². The predicted molar refractivity (Wildman–Crippen MR) is 146 cm³/mol. The number of anilines is 2. The fraction of sp³-hybridized carbons (Fsp3) is 0.520. The highest BCUT2D eigenvalue weighted by atomic mass is 31.2. The first kappa shape index (κ1) is 28.8. The first-order valence-electron chi connectivity index (χ1n) is 12.7. The van der Waals surface area contributed by atoms with E-state index in [-0.39, 0.29) is 24.1 Å². The Kier molecular flexibility index (Phi) is 8.45. The number of benzene rings is 1. The second kappa shape index (κ2) is 11.5. The molecular weight excluding hydrogens is 525 g/mol. The number of hydrogen-bond acceptors (Lipinski definition) is 11. The highest BCUT2D eigenvalue weighted by Gasteiger charge is 2.45. The van der Waals surface area contributed by atoms with Gasteiger partial charge in [0, 0.05) is 12.5 Å². The van der Waals surface area contributed by atoms with Gasteiger partial charge in [0.05, 0.1) is 25.1 Å². The molecule has 4 rings (SSSR count). The van der Waals surface area contributed by atoms with Gasteiger partial charge in [0.2, 0.25) is 5.95 Å². The molecule has 212 valence electrons. The van der Waals surface area contributed by atoms with Gasteiger partial charge in [-0.15, -0.1) is 0 Å². The van der Waals surface area contributed by atoms with E-state index in [4.69, 9.17) is 24.3 Å². The summed E-state index contributed by atoms with van der Waals surface area (Å²) in [6, 6.07) is 7.65. The Bertz CT molecular complexity index is 1350. The fourth-order valence-corrected chi connectivity index (χ4v) is 5.96. The lowest BCUT2D eigenvalue weighted by atomic mass is 9.87. The number of nitrogens with two attached hydrogens (primary N) is 1. The lowest BCUT2D eigenvalue weighted by Crippen LogP contribution is -2.36. The first-order chi connectivity index (χ1) is 18.4. The van der Waals surface area contributed by atoms with Crippen molar-refractivity contribution in [1.82, 2.24) is 24.6 Å². The molecule has 13 nitrogen and oxygen atoms in total. The largest absolute Gasteiger partial charge is 0.462 e. The number of rotatable bonds is 11. The molecule has 3 aromatic rings. The number of hydrogen-bond donors (Lipinski definition) is 3. The number of nitrogen functional groups attached to an aromatic ring is 1. The van der Waals surface area contributed by atoms with E-state index in [1.807, 2.05) is 4.57 Å². The number of imidazole rings is 1. The number of nitrogens with zero attached hydrogens (tertiary/aromatic N) is 4. The molecule has 0 aliphatic carbocycles. The smallest absolute Gasteiger partial charge is 0.459 e. The summed E-state index contributed by atoms with van der Waals surface area (Å²) in [4.78, 5) is 25.4. The third-order valence-electron chi connectivity index (χ3n) is 6.13. The SMILES string of the molecule is CNc1nc(N)nc2c1ncn2[C@@H]1O[C@H](CO[P@](=O)(N[C@H](C)C(=O)OC(C)C)Oc2ccccc2)CC1(C)C. The van der Waals surface area contributed by atoms with Crippen molar-refractivity contribution in [2.75, 3.05) is 24.7 Å². The van der Waals surface area contributed by atoms with Crippen molar-refractivity contribution in [3.8, 4) is 5.75 Å². The van der Waals surface area contributed by atoms with Crippen molar-refractivity contribution < 1.29 is 27.9 Å². The number of aromatic nitrogens is 4. The Morgan fingerprint density at radius 2 is 1.97 bits per heavy atom. The van der Waals surface area contributed by atoms with E-state index >= 15 is 0 Å². The summed E-state index contributed by atoms with van der Waals surface area (Å²) in [7, 11) is -2.29. The number of fused-ring (bicyclic) bond motifs is 1. The molecule has 4 N–H and O–H groups in total. The van der Waals surface area contributed by atoms with Gasteiger partial charge >= 0.3 is 13.7 Å². The van der Waals surface area contributed by atoms with Crippen molar-refractivity contribution in [3.63, 3.8) is 0 Å². The van der Waals surface area contributed by atoms with Crippen LogP contribution in [0.5, 0.6) is 5.75 Å². The third-order valence-corrected chi connectivity index (χ3v) is 7.77. The number of ether oxygens (including phenoxy) is 2. The summed E-state index contributed by atoms with van der Waals surface area (Å²) in [5.41, 5.74) is 6.65. The Hall–Kier alpha value is -3.25. The van der Waals surface area contributed by atoms with Crippen molar-refractivity contribution in [2.24, 2.45) is 5.41 Å². The molecule has 0 amide bonds. The zero-order chi connectivity index (χ0) is 28.4. The van der Waals surface area contributed by atoms with Gasteiger partial charge in [-0.1, -0.05) is 32.0 Å². The van der Waals surface area contributed by atoms with Crippen LogP contribution in [0.2, 0.25) is 0 Å². The van der Waals surface area contributed by atoms with Crippen molar-refractivity contribution in [2.45, 2.75) is 65.5 Å². The van der Waals surface area contributed by atoms with E-state index in [0.29, 0.717) is 29.2 Å². The quantitative estimate of drug-likeness (QED) is 0.229. The molecule has 2 aromatic heterocycles. The molecule has 1 aliphatic rings. The Labute approximate surface area is 227 Å². The van der Waals surface area contributed by atoms with Crippen LogP contribution in [0.3, 0.4) is 0 Å². The zero-order valence-corrected chi connectivity index (χ0v) is 23.8. The van der Waals surface area contributed by atoms with Crippen LogP contribution in [0.4, 0.5) is 11.8 Å². The van der Waals surface area contributed by atoms with Crippen LogP contribution in [0, 0.1) is 5.41 Å². The van der Waals surface area contributed by atoms with Crippen molar-refractivity contribution in [3.05, 3.63) is 36.7 Å². The van der Waals surface area contributed by atoms with Gasteiger partial charge in [0.25, 0.3) is 0 Å². The molecule has 3 heterocycles. The van der Waals surface area contributed by atoms with E-state index < -0.39 is 32.1 Å². The molecule has 0 radical (unpaired) electrons. The van der Waals surface area contributed by atoms with Gasteiger partial charge in [0.1, 0.15) is 18.0 Å². The normalized spacial score (nSPS) is 21.0. The molecule has 1 aromatic carbocycles. The topological polar surface area (TPSA) is 165 Å². The summed E-state index contributed by atoms with van der Waals surface area (Å²) in [5, 5.41) is 5.68. The number of nitrogens with one attached hydrogen (secondary N) is 2. The summed E-state index contributed by atoms with van der Waals surface area (Å²) in [5.74, 6) is 0.380. The third kappa shape index (κ3) is 6.67. The molecule has 14 heteroatoms. The van der Waals surface area contributed by atoms with Gasteiger partial charge in [-0.25, -0.2) is 9.55 Å². The van der Waals surface area contributed by atoms with Gasteiger partial charge < -0.3 is 25.0 Å². The fourth-order valence-electron chi connectivity index (χ4n) is 4.44. The zero-order valence-electron chi connectivity index (χ0n) is 23.0. The summed E-state index contributed by atoms with van der Waals surface area (Å²) in [6.45, 7) is 9.05. The molecule has 0 spiro atoms. The molecule has 1 saturated heterocycles. The van der Waals surface area contributed by atoms with E-state index in [2.05, 4.69) is 39.2 Å². The standard InChI is InChI=1S/C25H36N7O6P/c1-15(2)36-22(33)16(3)31-39(34,38-17-10-8-7-9-11-17)35-13-18-12-25(4,5)23(37-18)32-14-28-19-20(27-6)29-24(26)30-21(19)32/h7-11,14-16,18,23H,12-13H2,1-6H3,(H,31,34)(H3,26,27,29,30)/t16-,18+,23-,39-/m1/s1. The van der Waals surface area contributed by atoms with Gasteiger partial charge in [0.15, 0.2) is 17.0 Å². The van der Waals surface area contributed by atoms with Crippen molar-refractivity contribution in [1.29, 1.82) is 0 Å². The average molecular weight is 562 g/mol. The minimum atomic E-state index is -4.02. The lowest BCUT2D eigenvalue weighted by Gasteiger charge is -2.26. The van der Waals surface area contributed by atoms with Crippen LogP contribution < -0.4 is 20.7 Å². The molecule has 0 saturated carbocycles. The van der Waals surface area contributed by atoms with Crippen LogP contribution in [0.25, 0.3) is 11.2 Å². The number of para-hydroxylation sites is 1. The lowest BCUT2D eigenvalue weighted by molar-refractivity contribution is -0.149. The molecular formula is C25H36N7O6P. The molecule has 1 fully saturated rings. The molecule has 39 heavy (non-hydrogen) atoms. The average Bonchev–Trinajstić information content (AvgIpc) is 3.41. The van der Waals surface area contributed by atoms with Gasteiger partial charge in [-0.2, -0.15) is 15.1 Å². The summed E-state index contributed by atoms with van der Waals surface area (Å²) < 4.78 is 38.8. The van der Waals surface area contributed by atoms with Crippen LogP contribution in [-0.4, -0.2) is 57.4 Å². The molecule has 0 unspecified atom stereocenters. The Morgan fingerprint density at radius 3 is 2.64 bits per heavy atom. The first-order valence-corrected chi connectivity index (χ1v) is 14.3. The van der Waals surface area contributed by atoms with Crippen LogP contribution in [0.15, 0.2) is 36.7 Å². The van der Waals surface area contributed by atoms with E-state index in [1.54, 1.807) is 57.6 Å². The monoisotopic (exact) mass is 561 g/mol. The van der Waals surface area contributed by atoms with Gasteiger partial charge in [-0.05, 0) is 39.3 Å². The Balaban J connectivity index is 1.52. The maximum atomic E-state index is 13.8. The Morgan fingerprint density at radius 1 is 1.26 bits per heavy atom. The van der Waals surface area contributed by atoms with Crippen LogP contribution >= 0.6 is 7.75 Å².